The minimum Gasteiger partial charge on any atom is -0.488 e. The van der Waals surface area contributed by atoms with Crippen LogP contribution in [-0.4, -0.2) is 11.5 Å². The zero-order valence-corrected chi connectivity index (χ0v) is 18.9. The predicted molar refractivity (Wildman–Crippen MR) is 113 cm³/mol. The average molecular weight is 642 g/mol. The number of hydrogen-bond donors (Lipinski definition) is 0. The maximum atomic E-state index is 6.64. The minimum absolute atomic E-state index is 0.229. The molecule has 2 aliphatic carbocycles. The second kappa shape index (κ2) is 7.17. The van der Waals surface area contributed by atoms with E-state index in [-0.39, 0.29) is 5.41 Å². The van der Waals surface area contributed by atoms with Crippen LogP contribution in [0.1, 0.15) is 44.9 Å². The largest absolute Gasteiger partial charge is 0.488 e. The van der Waals surface area contributed by atoms with Gasteiger partial charge in [0.1, 0.15) is 11.9 Å². The number of ether oxygens (including phenoxy) is 1. The average Bonchev–Trinajstić information content (AvgIpc) is 2.69. The Kier molecular flexibility index (Phi) is 5.92. The van der Waals surface area contributed by atoms with Crippen molar-refractivity contribution >= 4 is 79.4 Å². The Bertz CT molecular complexity index is 503. The van der Waals surface area contributed by atoms with Gasteiger partial charge in [-0.25, -0.2) is 0 Å². The van der Waals surface area contributed by atoms with E-state index in [0.29, 0.717) is 11.5 Å². The first kappa shape index (κ1) is 17.3. The summed E-state index contributed by atoms with van der Waals surface area (Å²) in [6.07, 6.45) is 9.12. The van der Waals surface area contributed by atoms with E-state index in [1.165, 1.54) is 49.2 Å². The molecule has 3 rings (SSSR count). The fraction of sp³-hybridized carbons (Fsp3) is 0.625. The summed E-state index contributed by atoms with van der Waals surface area (Å²) in [5, 5.41) is 0.305. The molecule has 116 valence electrons. The van der Waals surface area contributed by atoms with Gasteiger partial charge < -0.3 is 4.74 Å². The summed E-state index contributed by atoms with van der Waals surface area (Å²) in [7, 11) is 0. The van der Waals surface area contributed by atoms with Gasteiger partial charge in [0, 0.05) is 20.8 Å². The van der Waals surface area contributed by atoms with Crippen LogP contribution >= 0.6 is 79.4 Å². The molecule has 1 nitrogen and oxygen atoms in total. The molecule has 2 unspecified atom stereocenters. The Balaban J connectivity index is 1.82. The number of benzene rings is 1. The first-order chi connectivity index (χ1) is 10.0. The molecule has 0 heterocycles. The summed E-state index contributed by atoms with van der Waals surface area (Å²) in [4.78, 5) is 0. The minimum atomic E-state index is 0.229. The predicted octanol–water partition coefficient (Wildman–Crippen LogP) is 6.60. The van der Waals surface area contributed by atoms with Crippen molar-refractivity contribution in [2.24, 2.45) is 5.41 Å². The third kappa shape index (κ3) is 3.48. The first-order valence-corrected chi connectivity index (χ1v) is 11.2. The molecule has 21 heavy (non-hydrogen) atoms. The monoisotopic (exact) mass is 642 g/mol. The van der Waals surface area contributed by atoms with E-state index in [1.54, 1.807) is 0 Å². The van der Waals surface area contributed by atoms with Gasteiger partial charge in [-0.3, -0.25) is 0 Å². The summed E-state index contributed by atoms with van der Waals surface area (Å²) in [6, 6.07) is 4.38. The zero-order valence-electron chi connectivity index (χ0n) is 11.7. The lowest BCUT2D eigenvalue weighted by Gasteiger charge is -2.53. The third-order valence-electron chi connectivity index (χ3n) is 4.94. The Morgan fingerprint density at radius 2 is 1.57 bits per heavy atom. The lowest BCUT2D eigenvalue weighted by Crippen LogP contribution is -2.57. The van der Waals surface area contributed by atoms with Crippen molar-refractivity contribution in [3.63, 3.8) is 0 Å². The molecule has 1 aromatic carbocycles. The van der Waals surface area contributed by atoms with E-state index in [9.17, 15) is 0 Å². The molecule has 0 radical (unpaired) electrons. The van der Waals surface area contributed by atoms with Crippen LogP contribution in [0, 0.1) is 16.1 Å². The van der Waals surface area contributed by atoms with Crippen molar-refractivity contribution in [2.45, 2.75) is 56.4 Å². The number of hydrogen-bond acceptors (Lipinski definition) is 1. The molecule has 0 amide bonds. The van der Waals surface area contributed by atoms with Gasteiger partial charge in [0.15, 0.2) is 0 Å². The van der Waals surface area contributed by atoms with Gasteiger partial charge >= 0.3 is 0 Å². The van der Waals surface area contributed by atoms with Crippen LogP contribution < -0.4 is 4.74 Å². The Morgan fingerprint density at radius 1 is 1.00 bits per heavy atom. The van der Waals surface area contributed by atoms with Gasteiger partial charge in [-0.05, 0) is 92.7 Å². The normalized spacial score (nSPS) is 28.0. The molecule has 0 N–H and O–H groups in total. The van der Waals surface area contributed by atoms with E-state index < -0.39 is 0 Å². The van der Waals surface area contributed by atoms with E-state index in [4.69, 9.17) is 16.3 Å². The van der Waals surface area contributed by atoms with Crippen LogP contribution in [0.15, 0.2) is 12.1 Å². The number of rotatable bonds is 2. The Morgan fingerprint density at radius 3 is 2.10 bits per heavy atom. The maximum absolute atomic E-state index is 6.64. The van der Waals surface area contributed by atoms with Crippen LogP contribution in [0.4, 0.5) is 0 Å². The summed E-state index contributed by atoms with van der Waals surface area (Å²) >= 11 is 13.8. The molecular formula is C16H18ClI3O. The lowest BCUT2D eigenvalue weighted by molar-refractivity contribution is -0.0521. The molecule has 2 fully saturated rings. The molecule has 5 heteroatoms. The third-order valence-corrected chi connectivity index (χ3v) is 7.78. The van der Waals surface area contributed by atoms with Gasteiger partial charge in [-0.1, -0.05) is 25.7 Å². The summed E-state index contributed by atoms with van der Waals surface area (Å²) in [5.41, 5.74) is 0.229. The van der Waals surface area contributed by atoms with Crippen LogP contribution in [0.2, 0.25) is 0 Å². The van der Waals surface area contributed by atoms with Crippen LogP contribution in [-0.2, 0) is 0 Å². The van der Waals surface area contributed by atoms with Crippen LogP contribution in [0.5, 0.6) is 5.75 Å². The van der Waals surface area contributed by atoms with Crippen molar-refractivity contribution in [3.05, 3.63) is 22.8 Å². The highest BCUT2D eigenvalue weighted by Crippen LogP contribution is 2.55. The van der Waals surface area contributed by atoms with Crippen molar-refractivity contribution in [3.8, 4) is 5.75 Å². The van der Waals surface area contributed by atoms with E-state index in [2.05, 4.69) is 79.9 Å². The quantitative estimate of drug-likeness (QED) is 0.261. The second-order valence-electron chi connectivity index (χ2n) is 6.16. The summed E-state index contributed by atoms with van der Waals surface area (Å²) in [5.74, 6) is 1.06. The maximum Gasteiger partial charge on any atom is 0.146 e. The summed E-state index contributed by atoms with van der Waals surface area (Å²) in [6.45, 7) is 0. The SMILES string of the molecule is ClC1CC(Oc2c(I)cc(I)cc2I)C12CCCCCC2. The highest BCUT2D eigenvalue weighted by molar-refractivity contribution is 14.1. The lowest BCUT2D eigenvalue weighted by atomic mass is 9.61. The molecule has 1 spiro atoms. The first-order valence-electron chi connectivity index (χ1n) is 7.48. The molecule has 0 bridgehead atoms. The molecular weight excluding hydrogens is 624 g/mol. The number of alkyl halides is 1. The number of halogens is 4. The molecule has 0 saturated heterocycles. The van der Waals surface area contributed by atoms with Crippen molar-refractivity contribution < 1.29 is 4.74 Å². The van der Waals surface area contributed by atoms with Crippen LogP contribution in [0.3, 0.4) is 0 Å². The molecule has 0 aliphatic heterocycles. The fourth-order valence-electron chi connectivity index (χ4n) is 3.67. The summed E-state index contributed by atoms with van der Waals surface area (Å²) < 4.78 is 10.2. The van der Waals surface area contributed by atoms with Crippen molar-refractivity contribution in [1.82, 2.24) is 0 Å². The van der Waals surface area contributed by atoms with E-state index >= 15 is 0 Å². The van der Waals surface area contributed by atoms with Gasteiger partial charge in [-0.2, -0.15) is 0 Å². The van der Waals surface area contributed by atoms with Gasteiger partial charge in [0.25, 0.3) is 0 Å². The molecule has 0 aromatic heterocycles. The Hall–Kier alpha value is 1.50. The molecule has 2 atom stereocenters. The molecule has 1 aromatic rings. The van der Waals surface area contributed by atoms with Crippen molar-refractivity contribution in [1.29, 1.82) is 0 Å². The fourth-order valence-corrected chi connectivity index (χ4v) is 8.03. The van der Waals surface area contributed by atoms with Gasteiger partial charge in [0.05, 0.1) is 7.14 Å². The topological polar surface area (TPSA) is 9.23 Å². The van der Waals surface area contributed by atoms with Crippen LogP contribution in [0.25, 0.3) is 0 Å². The van der Waals surface area contributed by atoms with Gasteiger partial charge in [-0.15, -0.1) is 11.6 Å². The van der Waals surface area contributed by atoms with E-state index in [1.807, 2.05) is 0 Å². The molecule has 2 saturated carbocycles. The molecule has 2 aliphatic rings. The highest BCUT2D eigenvalue weighted by Gasteiger charge is 2.55. The smallest absolute Gasteiger partial charge is 0.146 e. The highest BCUT2D eigenvalue weighted by atomic mass is 127. The zero-order chi connectivity index (χ0) is 15.0. The van der Waals surface area contributed by atoms with Crippen molar-refractivity contribution in [2.75, 3.05) is 0 Å². The second-order valence-corrected chi connectivity index (χ2v) is 10.3. The Labute approximate surface area is 172 Å². The van der Waals surface area contributed by atoms with Gasteiger partial charge in [0.2, 0.25) is 0 Å². The van der Waals surface area contributed by atoms with E-state index in [0.717, 1.165) is 12.2 Å². The standard InChI is InChI=1S/C16H18ClI3O/c17-13-9-14(16(13)5-3-1-2-4-6-16)21-15-11(19)7-10(18)8-12(15)20/h7-8,13-14H,1-6,9H2.